The van der Waals surface area contributed by atoms with Gasteiger partial charge < -0.3 is 15.0 Å². The van der Waals surface area contributed by atoms with Gasteiger partial charge in [0.1, 0.15) is 5.82 Å². The molecule has 0 saturated carbocycles. The summed E-state index contributed by atoms with van der Waals surface area (Å²) in [6.45, 7) is 0.302. The molecule has 0 aliphatic heterocycles. The van der Waals surface area contributed by atoms with Gasteiger partial charge in [-0.1, -0.05) is 11.6 Å². The van der Waals surface area contributed by atoms with E-state index in [9.17, 15) is 14.0 Å². The van der Waals surface area contributed by atoms with Crippen LogP contribution in [0, 0.1) is 5.82 Å². The molecule has 0 unspecified atom stereocenters. The van der Waals surface area contributed by atoms with E-state index < -0.39 is 17.7 Å². The third kappa shape index (κ3) is 4.41. The van der Waals surface area contributed by atoms with Crippen LogP contribution in [-0.4, -0.2) is 38.7 Å². The molecule has 0 saturated heterocycles. The third-order valence-corrected chi connectivity index (χ3v) is 5.01. The molecule has 8 nitrogen and oxygen atoms in total. The van der Waals surface area contributed by atoms with Crippen molar-refractivity contribution in [1.29, 1.82) is 0 Å². The maximum atomic E-state index is 14.3. The monoisotopic (exact) mass is 441 g/mol. The van der Waals surface area contributed by atoms with Gasteiger partial charge in [-0.2, -0.15) is 5.10 Å². The molecule has 1 aromatic carbocycles. The number of carbonyl (C=O) groups is 2. The lowest BCUT2D eigenvalue weighted by atomic mass is 10.1. The molecule has 3 heterocycles. The van der Waals surface area contributed by atoms with Crippen molar-refractivity contribution in [2.24, 2.45) is 0 Å². The number of H-pyrrole nitrogens is 1. The number of amides is 1. The number of hydrogen-bond donors (Lipinski definition) is 2. The van der Waals surface area contributed by atoms with E-state index in [-0.39, 0.29) is 6.54 Å². The maximum absolute atomic E-state index is 14.3. The quantitative estimate of drug-likeness (QED) is 0.447. The van der Waals surface area contributed by atoms with Crippen molar-refractivity contribution in [2.45, 2.75) is 13.1 Å². The number of methoxy groups -OCH3 is 1. The zero-order chi connectivity index (χ0) is 22.0. The highest BCUT2D eigenvalue weighted by Gasteiger charge is 2.13. The zero-order valence-electron chi connectivity index (χ0n) is 16.4. The molecule has 0 radical (unpaired) electrons. The predicted molar refractivity (Wildman–Crippen MR) is 111 cm³/mol. The number of hydrogen-bond acceptors (Lipinski definition) is 5. The second kappa shape index (κ2) is 8.57. The zero-order valence-corrected chi connectivity index (χ0v) is 17.1. The van der Waals surface area contributed by atoms with Crippen LogP contribution in [0.1, 0.15) is 31.8 Å². The van der Waals surface area contributed by atoms with Crippen molar-refractivity contribution in [3.63, 3.8) is 0 Å². The molecule has 0 fully saturated rings. The van der Waals surface area contributed by atoms with E-state index in [1.807, 2.05) is 0 Å². The number of benzene rings is 1. The smallest absolute Gasteiger partial charge is 0.341 e. The number of nitrogens with one attached hydrogen (secondary N) is 2. The second-order valence-corrected chi connectivity index (χ2v) is 7.22. The first-order valence-electron chi connectivity index (χ1n) is 9.22. The van der Waals surface area contributed by atoms with Crippen molar-refractivity contribution < 1.29 is 18.7 Å². The van der Waals surface area contributed by atoms with Crippen molar-refractivity contribution in [1.82, 2.24) is 25.1 Å². The van der Waals surface area contributed by atoms with Gasteiger partial charge in [0.25, 0.3) is 5.91 Å². The van der Waals surface area contributed by atoms with Gasteiger partial charge in [-0.25, -0.2) is 9.18 Å². The number of aromatic nitrogens is 4. The number of pyridine rings is 1. The minimum absolute atomic E-state index is 0.00596. The lowest BCUT2D eigenvalue weighted by Gasteiger charge is -2.08. The average molecular weight is 442 g/mol. The van der Waals surface area contributed by atoms with Crippen molar-refractivity contribution >= 4 is 34.4 Å². The molecule has 10 heteroatoms. The number of nitrogens with zero attached hydrogens (tertiary/aromatic N) is 3. The second-order valence-electron chi connectivity index (χ2n) is 6.81. The molecule has 2 N–H and O–H groups in total. The summed E-state index contributed by atoms with van der Waals surface area (Å²) < 4.78 is 20.5. The maximum Gasteiger partial charge on any atom is 0.341 e. The van der Waals surface area contributed by atoms with Gasteiger partial charge in [0.2, 0.25) is 0 Å². The molecule has 0 atom stereocenters. The van der Waals surface area contributed by atoms with Crippen LogP contribution in [0.25, 0.3) is 10.9 Å². The Hall–Kier alpha value is -3.72. The van der Waals surface area contributed by atoms with Gasteiger partial charge in [-0.05, 0) is 23.8 Å². The highest BCUT2D eigenvalue weighted by molar-refractivity contribution is 6.35. The molecular formula is C21H17ClFN5O3. The first-order valence-corrected chi connectivity index (χ1v) is 9.60. The highest BCUT2D eigenvalue weighted by atomic mass is 35.5. The summed E-state index contributed by atoms with van der Waals surface area (Å²) >= 11 is 6.08. The van der Waals surface area contributed by atoms with E-state index >= 15 is 0 Å². The Balaban J connectivity index is 1.45. The van der Waals surface area contributed by atoms with Gasteiger partial charge in [-0.15, -0.1) is 0 Å². The van der Waals surface area contributed by atoms with Crippen molar-refractivity contribution in [3.05, 3.63) is 82.3 Å². The Labute approximate surface area is 181 Å². The van der Waals surface area contributed by atoms with Crippen LogP contribution in [0.15, 0.2) is 49.2 Å². The molecule has 4 aromatic rings. The summed E-state index contributed by atoms with van der Waals surface area (Å²) in [7, 11) is 1.29. The highest BCUT2D eigenvalue weighted by Crippen LogP contribution is 2.25. The van der Waals surface area contributed by atoms with Gasteiger partial charge in [-0.3, -0.25) is 14.5 Å². The predicted octanol–water partition coefficient (Wildman–Crippen LogP) is 3.32. The third-order valence-electron chi connectivity index (χ3n) is 4.69. The normalized spacial score (nSPS) is 10.9. The number of carbonyl (C=O) groups excluding carboxylic acids is 2. The van der Waals surface area contributed by atoms with E-state index in [1.54, 1.807) is 30.7 Å². The van der Waals surface area contributed by atoms with Gasteiger partial charge in [0.15, 0.2) is 0 Å². The van der Waals surface area contributed by atoms with Gasteiger partial charge in [0.05, 0.1) is 36.0 Å². The van der Waals surface area contributed by atoms with Crippen LogP contribution in [0.5, 0.6) is 0 Å². The number of aromatic amines is 1. The molecule has 4 rings (SSSR count). The number of fused-ring (bicyclic) bond motifs is 1. The van der Waals surface area contributed by atoms with Crippen LogP contribution < -0.4 is 5.32 Å². The molecule has 0 spiro atoms. The number of halogens is 2. The Kier molecular flexibility index (Phi) is 5.68. The standard InChI is InChI=1S/C21H17ClFN5O3/c1-31-21(30)15-8-27-28(11-15)10-12-2-14(6-24-5-12)20(29)26-7-13-3-16-17(22)9-25-19(16)4-18(13)23/h2-6,8-9,11,25H,7,10H2,1H3,(H,26,29). The summed E-state index contributed by atoms with van der Waals surface area (Å²) in [6, 6.07) is 4.61. The Morgan fingerprint density at radius 1 is 1.23 bits per heavy atom. The van der Waals surface area contributed by atoms with Crippen molar-refractivity contribution in [2.75, 3.05) is 7.11 Å². The molecule has 1 amide bonds. The summed E-state index contributed by atoms with van der Waals surface area (Å²) in [5.74, 6) is -1.33. The largest absolute Gasteiger partial charge is 0.465 e. The fourth-order valence-corrected chi connectivity index (χ4v) is 3.34. The number of ether oxygens (including phenoxy) is 1. The fourth-order valence-electron chi connectivity index (χ4n) is 3.13. The molecule has 31 heavy (non-hydrogen) atoms. The van der Waals surface area contributed by atoms with E-state index in [4.69, 9.17) is 11.6 Å². The minimum Gasteiger partial charge on any atom is -0.465 e. The molecule has 0 aliphatic rings. The van der Waals surface area contributed by atoms with Crippen LogP contribution in [0.3, 0.4) is 0 Å². The SMILES string of the molecule is COC(=O)c1cnn(Cc2cncc(C(=O)NCc3cc4c(Cl)c[nH]c4cc3F)c2)c1. The van der Waals surface area contributed by atoms with Crippen LogP contribution >= 0.6 is 11.6 Å². The van der Waals surface area contributed by atoms with Crippen LogP contribution in [-0.2, 0) is 17.8 Å². The topological polar surface area (TPSA) is 102 Å². The Bertz CT molecular complexity index is 1280. The molecule has 0 bridgehead atoms. The number of esters is 1. The lowest BCUT2D eigenvalue weighted by Crippen LogP contribution is -2.23. The molecular weight excluding hydrogens is 425 g/mol. The average Bonchev–Trinajstić information content (AvgIpc) is 3.38. The first kappa shape index (κ1) is 20.5. The minimum atomic E-state index is -0.483. The van der Waals surface area contributed by atoms with Crippen molar-refractivity contribution in [3.8, 4) is 0 Å². The first-order chi connectivity index (χ1) is 14.9. The van der Waals surface area contributed by atoms with E-state index in [0.717, 1.165) is 0 Å². The van der Waals surface area contributed by atoms with Crippen LogP contribution in [0.4, 0.5) is 4.39 Å². The Morgan fingerprint density at radius 3 is 2.87 bits per heavy atom. The lowest BCUT2D eigenvalue weighted by molar-refractivity contribution is 0.0600. The summed E-state index contributed by atoms with van der Waals surface area (Å²) in [5, 5.41) is 7.96. The van der Waals surface area contributed by atoms with Gasteiger partial charge >= 0.3 is 5.97 Å². The Morgan fingerprint density at radius 2 is 2.06 bits per heavy atom. The molecule has 158 valence electrons. The van der Waals surface area contributed by atoms with E-state index in [0.29, 0.717) is 44.7 Å². The van der Waals surface area contributed by atoms with E-state index in [2.05, 4.69) is 25.1 Å². The summed E-state index contributed by atoms with van der Waals surface area (Å²) in [5.41, 5.74) is 2.26. The summed E-state index contributed by atoms with van der Waals surface area (Å²) in [6.07, 6.45) is 7.54. The molecule has 3 aromatic heterocycles. The molecule has 0 aliphatic carbocycles. The fraction of sp³-hybridized carbons (Fsp3) is 0.143. The summed E-state index contributed by atoms with van der Waals surface area (Å²) in [4.78, 5) is 31.1. The van der Waals surface area contributed by atoms with Crippen LogP contribution in [0.2, 0.25) is 5.02 Å². The van der Waals surface area contributed by atoms with Gasteiger partial charge in [0, 0.05) is 47.8 Å². The number of rotatable bonds is 6. The van der Waals surface area contributed by atoms with E-state index in [1.165, 1.54) is 30.3 Å².